The Kier molecular flexibility index (Phi) is 2.93. The molecule has 0 radical (unpaired) electrons. The first-order valence-corrected chi connectivity index (χ1v) is 5.15. The molecular formula is C12H9ClN2O. The molecule has 0 N–H and O–H groups in total. The van der Waals surface area contributed by atoms with Gasteiger partial charge in [-0.1, -0.05) is 11.6 Å². The molecule has 0 fully saturated rings. The summed E-state index contributed by atoms with van der Waals surface area (Å²) in [6.45, 7) is 1.93. The van der Waals surface area contributed by atoms with Crippen molar-refractivity contribution in [1.82, 2.24) is 4.98 Å². The van der Waals surface area contributed by atoms with E-state index in [1.807, 2.05) is 19.1 Å². The monoisotopic (exact) mass is 232 g/mol. The minimum absolute atomic E-state index is 0.0301. The van der Waals surface area contributed by atoms with Crippen molar-refractivity contribution in [1.29, 1.82) is 5.26 Å². The van der Waals surface area contributed by atoms with Crippen molar-refractivity contribution in [2.24, 2.45) is 0 Å². The summed E-state index contributed by atoms with van der Waals surface area (Å²) < 4.78 is 5.21. The fraction of sp³-hybridized carbons (Fsp3) is 0.167. The zero-order chi connectivity index (χ0) is 11.5. The van der Waals surface area contributed by atoms with Crippen LogP contribution in [0.1, 0.15) is 5.56 Å². The highest BCUT2D eigenvalue weighted by molar-refractivity contribution is 6.36. The van der Waals surface area contributed by atoms with Gasteiger partial charge in [0, 0.05) is 11.6 Å². The molecule has 0 bridgehead atoms. The van der Waals surface area contributed by atoms with Gasteiger partial charge < -0.3 is 4.74 Å². The molecule has 2 rings (SSSR count). The van der Waals surface area contributed by atoms with Gasteiger partial charge in [0.2, 0.25) is 0 Å². The normalized spacial score (nSPS) is 10.1. The van der Waals surface area contributed by atoms with Gasteiger partial charge in [0.05, 0.1) is 10.5 Å². The van der Waals surface area contributed by atoms with Crippen LogP contribution in [0.5, 0.6) is 5.75 Å². The summed E-state index contributed by atoms with van der Waals surface area (Å²) in [5.74, 6) is 0.628. The third kappa shape index (κ3) is 1.93. The smallest absolute Gasteiger partial charge is 0.174 e. The van der Waals surface area contributed by atoms with Crippen molar-refractivity contribution < 1.29 is 4.74 Å². The van der Waals surface area contributed by atoms with E-state index in [1.165, 1.54) is 0 Å². The van der Waals surface area contributed by atoms with E-state index >= 15 is 0 Å². The summed E-state index contributed by atoms with van der Waals surface area (Å²) in [7, 11) is 0. The van der Waals surface area contributed by atoms with Gasteiger partial charge in [0.15, 0.2) is 6.61 Å². The standard InChI is InChI=1S/C12H9ClN2O/c1-8-7-15-11-3-2-9(16-5-4-14)6-10(11)12(8)13/h2-3,6-7H,5H2,1H3. The summed E-state index contributed by atoms with van der Waals surface area (Å²) in [6, 6.07) is 7.32. The first-order chi connectivity index (χ1) is 7.72. The molecule has 0 saturated carbocycles. The number of ether oxygens (including phenoxy) is 1. The Morgan fingerprint density at radius 1 is 1.50 bits per heavy atom. The number of aryl methyl sites for hydroxylation is 1. The summed E-state index contributed by atoms with van der Waals surface area (Å²) in [4.78, 5) is 4.26. The molecule has 0 amide bonds. The van der Waals surface area contributed by atoms with Crippen LogP contribution in [0.15, 0.2) is 24.4 Å². The lowest BCUT2D eigenvalue weighted by Crippen LogP contribution is -1.93. The molecule has 2 aromatic rings. The van der Waals surface area contributed by atoms with Crippen molar-refractivity contribution in [3.63, 3.8) is 0 Å². The number of pyridine rings is 1. The van der Waals surface area contributed by atoms with Crippen molar-refractivity contribution in [2.75, 3.05) is 6.61 Å². The summed E-state index contributed by atoms with van der Waals surface area (Å²) in [5.41, 5.74) is 1.74. The van der Waals surface area contributed by atoms with Crippen LogP contribution in [0.2, 0.25) is 5.02 Å². The summed E-state index contributed by atoms with van der Waals surface area (Å²) in [6.07, 6.45) is 1.74. The average Bonchev–Trinajstić information content (AvgIpc) is 2.31. The molecular weight excluding hydrogens is 224 g/mol. The zero-order valence-electron chi connectivity index (χ0n) is 8.70. The second-order valence-electron chi connectivity index (χ2n) is 3.38. The highest BCUT2D eigenvalue weighted by Gasteiger charge is 2.05. The quantitative estimate of drug-likeness (QED) is 0.799. The van der Waals surface area contributed by atoms with E-state index in [-0.39, 0.29) is 6.61 Å². The van der Waals surface area contributed by atoms with Crippen LogP contribution in [0.25, 0.3) is 10.9 Å². The molecule has 0 saturated heterocycles. The van der Waals surface area contributed by atoms with Gasteiger partial charge in [-0.15, -0.1) is 0 Å². The SMILES string of the molecule is Cc1cnc2ccc(OCC#N)cc2c1Cl. The van der Waals surface area contributed by atoms with Crippen molar-refractivity contribution in [3.05, 3.63) is 35.0 Å². The number of benzene rings is 1. The lowest BCUT2D eigenvalue weighted by atomic mass is 10.1. The molecule has 0 aliphatic carbocycles. The largest absolute Gasteiger partial charge is 0.479 e. The minimum atomic E-state index is 0.0301. The topological polar surface area (TPSA) is 45.9 Å². The minimum Gasteiger partial charge on any atom is -0.479 e. The number of hydrogen-bond acceptors (Lipinski definition) is 3. The molecule has 80 valence electrons. The first-order valence-electron chi connectivity index (χ1n) is 4.77. The molecule has 1 aromatic carbocycles. The molecule has 0 aliphatic rings. The molecule has 0 unspecified atom stereocenters. The summed E-state index contributed by atoms with van der Waals surface area (Å²) >= 11 is 6.17. The number of aromatic nitrogens is 1. The van der Waals surface area contributed by atoms with Crippen molar-refractivity contribution >= 4 is 22.5 Å². The molecule has 1 aromatic heterocycles. The van der Waals surface area contributed by atoms with Crippen LogP contribution >= 0.6 is 11.6 Å². The second kappa shape index (κ2) is 4.38. The van der Waals surface area contributed by atoms with Gasteiger partial charge in [0.25, 0.3) is 0 Å². The van der Waals surface area contributed by atoms with E-state index in [0.717, 1.165) is 16.5 Å². The van der Waals surface area contributed by atoms with Crippen LogP contribution in [-0.4, -0.2) is 11.6 Å². The van der Waals surface area contributed by atoms with Gasteiger partial charge in [-0.3, -0.25) is 4.98 Å². The zero-order valence-corrected chi connectivity index (χ0v) is 9.45. The highest BCUT2D eigenvalue weighted by atomic mass is 35.5. The maximum atomic E-state index is 8.43. The van der Waals surface area contributed by atoms with Crippen molar-refractivity contribution in [2.45, 2.75) is 6.92 Å². The predicted octanol–water partition coefficient (Wildman–Crippen LogP) is 3.10. The Hall–Kier alpha value is -1.79. The fourth-order valence-corrected chi connectivity index (χ4v) is 1.64. The van der Waals surface area contributed by atoms with Gasteiger partial charge in [-0.2, -0.15) is 5.26 Å². The molecule has 0 spiro atoms. The third-order valence-corrected chi connectivity index (χ3v) is 2.75. The molecule has 16 heavy (non-hydrogen) atoms. The van der Waals surface area contributed by atoms with E-state index in [1.54, 1.807) is 18.3 Å². The predicted molar refractivity (Wildman–Crippen MR) is 62.6 cm³/mol. The number of nitrogens with zero attached hydrogens (tertiary/aromatic N) is 2. The van der Waals surface area contributed by atoms with Crippen LogP contribution in [0.4, 0.5) is 0 Å². The number of halogens is 1. The number of fused-ring (bicyclic) bond motifs is 1. The number of hydrogen-bond donors (Lipinski definition) is 0. The average molecular weight is 233 g/mol. The van der Waals surface area contributed by atoms with Gasteiger partial charge in [0.1, 0.15) is 11.8 Å². The Bertz CT molecular complexity index is 575. The van der Waals surface area contributed by atoms with Gasteiger partial charge in [-0.25, -0.2) is 0 Å². The molecule has 0 aliphatic heterocycles. The molecule has 4 heteroatoms. The molecule has 0 atom stereocenters. The van der Waals surface area contributed by atoms with E-state index in [2.05, 4.69) is 4.98 Å². The van der Waals surface area contributed by atoms with Crippen LogP contribution in [0, 0.1) is 18.3 Å². The van der Waals surface area contributed by atoms with Gasteiger partial charge >= 0.3 is 0 Å². The number of nitriles is 1. The summed E-state index contributed by atoms with van der Waals surface area (Å²) in [5, 5.41) is 9.94. The molecule has 1 heterocycles. The van der Waals surface area contributed by atoms with E-state index in [9.17, 15) is 0 Å². The van der Waals surface area contributed by atoms with Crippen LogP contribution in [-0.2, 0) is 0 Å². The fourth-order valence-electron chi connectivity index (χ4n) is 1.44. The maximum Gasteiger partial charge on any atom is 0.174 e. The van der Waals surface area contributed by atoms with Gasteiger partial charge in [-0.05, 0) is 30.7 Å². The lowest BCUT2D eigenvalue weighted by Gasteiger charge is -2.06. The Morgan fingerprint density at radius 3 is 3.06 bits per heavy atom. The highest BCUT2D eigenvalue weighted by Crippen LogP contribution is 2.28. The van der Waals surface area contributed by atoms with Crippen LogP contribution < -0.4 is 4.74 Å². The Labute approximate surface area is 98.2 Å². The van der Waals surface area contributed by atoms with E-state index in [4.69, 9.17) is 21.6 Å². The van der Waals surface area contributed by atoms with Crippen molar-refractivity contribution in [3.8, 4) is 11.8 Å². The maximum absolute atomic E-state index is 8.43. The third-order valence-electron chi connectivity index (χ3n) is 2.25. The lowest BCUT2D eigenvalue weighted by molar-refractivity contribution is 0.368. The first kappa shape index (κ1) is 10.7. The van der Waals surface area contributed by atoms with E-state index < -0.39 is 0 Å². The second-order valence-corrected chi connectivity index (χ2v) is 3.76. The number of rotatable bonds is 2. The van der Waals surface area contributed by atoms with E-state index in [0.29, 0.717) is 10.8 Å². The molecule has 3 nitrogen and oxygen atoms in total. The Morgan fingerprint density at radius 2 is 2.31 bits per heavy atom. The van der Waals surface area contributed by atoms with Crippen LogP contribution in [0.3, 0.4) is 0 Å². The Balaban J connectivity index is 2.52.